The summed E-state index contributed by atoms with van der Waals surface area (Å²) in [5, 5.41) is 3.43. The number of carbonyl (C=O) groups is 1. The molecule has 5 nitrogen and oxygen atoms in total. The van der Waals surface area contributed by atoms with Crippen LogP contribution in [-0.2, 0) is 14.8 Å². The van der Waals surface area contributed by atoms with Gasteiger partial charge in [-0.05, 0) is 42.3 Å². The second-order valence-corrected chi connectivity index (χ2v) is 8.59. The van der Waals surface area contributed by atoms with Crippen LogP contribution in [-0.4, -0.2) is 31.7 Å². The van der Waals surface area contributed by atoms with Crippen LogP contribution in [0.2, 0.25) is 5.02 Å². The smallest absolute Gasteiger partial charge is 0.244 e. The highest BCUT2D eigenvalue weighted by Gasteiger charge is 2.21. The zero-order valence-electron chi connectivity index (χ0n) is 16.2. The van der Waals surface area contributed by atoms with Gasteiger partial charge in [-0.3, -0.25) is 4.79 Å². The van der Waals surface area contributed by atoms with E-state index >= 15 is 0 Å². The fourth-order valence-electron chi connectivity index (χ4n) is 2.76. The molecule has 0 aliphatic carbocycles. The van der Waals surface area contributed by atoms with Crippen LogP contribution in [0.3, 0.4) is 0 Å². The molecule has 1 N–H and O–H groups in total. The molecule has 150 valence electrons. The predicted octanol–water partition coefficient (Wildman–Crippen LogP) is 4.26. The molecule has 1 amide bonds. The maximum absolute atomic E-state index is 12.5. The molecule has 0 saturated heterocycles. The lowest BCUT2D eigenvalue weighted by atomic mass is 10.1. The molecule has 0 heterocycles. The van der Waals surface area contributed by atoms with E-state index in [4.69, 9.17) is 11.6 Å². The third-order valence-electron chi connectivity index (χ3n) is 4.40. The first-order valence-electron chi connectivity index (χ1n) is 9.12. The summed E-state index contributed by atoms with van der Waals surface area (Å²) in [5.41, 5.74) is 1.58. The summed E-state index contributed by atoms with van der Waals surface area (Å²) in [7, 11) is -3.49. The number of hydrogen-bond donors (Lipinski definition) is 1. The summed E-state index contributed by atoms with van der Waals surface area (Å²) in [6, 6.07) is 13.6. The van der Waals surface area contributed by atoms with Crippen molar-refractivity contribution in [3.63, 3.8) is 0 Å². The first-order chi connectivity index (χ1) is 13.3. The maximum atomic E-state index is 12.5. The van der Waals surface area contributed by atoms with Crippen molar-refractivity contribution in [2.75, 3.05) is 13.1 Å². The molecule has 0 aliphatic rings. The standard InChI is InChI=1S/C21H25ClN2O3S/c1-4-24(5-2)28(26,27)19-13-10-17(11-14-19)16(3)23-21(25)15-12-18-8-6-7-9-20(18)22/h6-16H,4-5H2,1-3H3,(H,23,25)/b15-12+/t16-/m1/s1. The van der Waals surface area contributed by atoms with Crippen molar-refractivity contribution in [3.8, 4) is 0 Å². The molecule has 7 heteroatoms. The van der Waals surface area contributed by atoms with Crippen molar-refractivity contribution in [2.45, 2.75) is 31.7 Å². The van der Waals surface area contributed by atoms with E-state index in [9.17, 15) is 13.2 Å². The summed E-state index contributed by atoms with van der Waals surface area (Å²) < 4.78 is 26.5. The summed E-state index contributed by atoms with van der Waals surface area (Å²) in [6.45, 7) is 6.30. The molecular weight excluding hydrogens is 396 g/mol. The minimum Gasteiger partial charge on any atom is -0.346 e. The van der Waals surface area contributed by atoms with E-state index in [2.05, 4.69) is 5.32 Å². The number of nitrogens with zero attached hydrogens (tertiary/aromatic N) is 1. The number of carbonyl (C=O) groups excluding carboxylic acids is 1. The highest BCUT2D eigenvalue weighted by Crippen LogP contribution is 2.20. The SMILES string of the molecule is CCN(CC)S(=O)(=O)c1ccc([C@@H](C)NC(=O)/C=C/c2ccccc2Cl)cc1. The average Bonchev–Trinajstić information content (AvgIpc) is 2.68. The van der Waals surface area contributed by atoms with Crippen LogP contribution in [0.4, 0.5) is 0 Å². The second kappa shape index (κ2) is 9.87. The van der Waals surface area contributed by atoms with Crippen LogP contribution in [0.5, 0.6) is 0 Å². The number of halogens is 1. The van der Waals surface area contributed by atoms with Crippen molar-refractivity contribution in [1.82, 2.24) is 9.62 Å². The number of hydrogen-bond acceptors (Lipinski definition) is 3. The third kappa shape index (κ3) is 5.44. The van der Waals surface area contributed by atoms with Crippen LogP contribution in [0.25, 0.3) is 6.08 Å². The minimum atomic E-state index is -3.49. The van der Waals surface area contributed by atoms with Gasteiger partial charge < -0.3 is 5.32 Å². The first-order valence-corrected chi connectivity index (χ1v) is 10.9. The van der Waals surface area contributed by atoms with Crippen molar-refractivity contribution in [3.05, 3.63) is 70.8 Å². The van der Waals surface area contributed by atoms with Crippen LogP contribution >= 0.6 is 11.6 Å². The Morgan fingerprint density at radius 2 is 1.71 bits per heavy atom. The van der Waals surface area contributed by atoms with Gasteiger partial charge in [0.2, 0.25) is 15.9 Å². The Bertz CT molecular complexity index is 936. The van der Waals surface area contributed by atoms with E-state index in [1.807, 2.05) is 39.0 Å². The number of amides is 1. The summed E-state index contributed by atoms with van der Waals surface area (Å²) >= 11 is 6.07. The highest BCUT2D eigenvalue weighted by molar-refractivity contribution is 7.89. The Kier molecular flexibility index (Phi) is 7.80. The summed E-state index contributed by atoms with van der Waals surface area (Å²) in [4.78, 5) is 12.4. The van der Waals surface area contributed by atoms with E-state index < -0.39 is 10.0 Å². The normalized spacial score (nSPS) is 13.0. The van der Waals surface area contributed by atoms with Gasteiger partial charge in [0, 0.05) is 24.2 Å². The van der Waals surface area contributed by atoms with Gasteiger partial charge in [0.05, 0.1) is 10.9 Å². The molecule has 0 radical (unpaired) electrons. The van der Waals surface area contributed by atoms with Gasteiger partial charge in [0.15, 0.2) is 0 Å². The number of rotatable bonds is 8. The summed E-state index contributed by atoms with van der Waals surface area (Å²) in [6.07, 6.45) is 3.08. The van der Waals surface area contributed by atoms with Gasteiger partial charge in [0.1, 0.15) is 0 Å². The number of nitrogens with one attached hydrogen (secondary N) is 1. The molecule has 0 fully saturated rings. The van der Waals surface area contributed by atoms with Gasteiger partial charge in [-0.15, -0.1) is 0 Å². The van der Waals surface area contributed by atoms with Crippen molar-refractivity contribution in [2.24, 2.45) is 0 Å². The Hall–Kier alpha value is -2.15. The number of sulfonamides is 1. The summed E-state index contributed by atoms with van der Waals surface area (Å²) in [5.74, 6) is -0.257. The first kappa shape index (κ1) is 22.1. The molecule has 0 saturated carbocycles. The molecule has 2 aromatic rings. The lowest BCUT2D eigenvalue weighted by Gasteiger charge is -2.19. The molecular formula is C21H25ClN2O3S. The molecule has 0 bridgehead atoms. The molecule has 1 atom stereocenters. The Morgan fingerprint density at radius 3 is 2.29 bits per heavy atom. The molecule has 0 unspecified atom stereocenters. The predicted molar refractivity (Wildman–Crippen MR) is 114 cm³/mol. The second-order valence-electron chi connectivity index (χ2n) is 6.24. The minimum absolute atomic E-state index is 0.247. The molecule has 0 spiro atoms. The van der Waals surface area contributed by atoms with E-state index in [0.717, 1.165) is 11.1 Å². The molecule has 28 heavy (non-hydrogen) atoms. The zero-order chi connectivity index (χ0) is 20.7. The van der Waals surface area contributed by atoms with Crippen LogP contribution in [0, 0.1) is 0 Å². The lowest BCUT2D eigenvalue weighted by Crippen LogP contribution is -2.30. The van der Waals surface area contributed by atoms with Crippen molar-refractivity contribution >= 4 is 33.6 Å². The van der Waals surface area contributed by atoms with Gasteiger partial charge in [0.25, 0.3) is 0 Å². The average molecular weight is 421 g/mol. The third-order valence-corrected chi connectivity index (χ3v) is 6.81. The largest absolute Gasteiger partial charge is 0.346 e. The quantitative estimate of drug-likeness (QED) is 0.649. The van der Waals surface area contributed by atoms with Crippen LogP contribution < -0.4 is 5.32 Å². The van der Waals surface area contributed by atoms with E-state index in [-0.39, 0.29) is 16.8 Å². The van der Waals surface area contributed by atoms with Gasteiger partial charge >= 0.3 is 0 Å². The van der Waals surface area contributed by atoms with Gasteiger partial charge in [-0.25, -0.2) is 8.42 Å². The van der Waals surface area contributed by atoms with Gasteiger partial charge in [-0.1, -0.05) is 55.8 Å². The Labute approximate surface area is 172 Å². The molecule has 0 aromatic heterocycles. The lowest BCUT2D eigenvalue weighted by molar-refractivity contribution is -0.117. The maximum Gasteiger partial charge on any atom is 0.244 e. The van der Waals surface area contributed by atoms with Gasteiger partial charge in [-0.2, -0.15) is 4.31 Å². The van der Waals surface area contributed by atoms with Crippen LogP contribution in [0.1, 0.15) is 37.9 Å². The van der Waals surface area contributed by atoms with E-state index in [0.29, 0.717) is 18.1 Å². The van der Waals surface area contributed by atoms with E-state index in [1.165, 1.54) is 10.4 Å². The zero-order valence-corrected chi connectivity index (χ0v) is 17.8. The fourth-order valence-corrected chi connectivity index (χ4v) is 4.42. The number of benzene rings is 2. The molecule has 2 aromatic carbocycles. The Balaban J connectivity index is 2.06. The topological polar surface area (TPSA) is 66.5 Å². The molecule has 2 rings (SSSR count). The van der Waals surface area contributed by atoms with Crippen LogP contribution in [0.15, 0.2) is 59.5 Å². The highest BCUT2D eigenvalue weighted by atomic mass is 35.5. The monoisotopic (exact) mass is 420 g/mol. The van der Waals surface area contributed by atoms with Crippen molar-refractivity contribution in [1.29, 1.82) is 0 Å². The molecule has 0 aliphatic heterocycles. The van der Waals surface area contributed by atoms with E-state index in [1.54, 1.807) is 36.4 Å². The van der Waals surface area contributed by atoms with Crippen molar-refractivity contribution < 1.29 is 13.2 Å². The fraction of sp³-hybridized carbons (Fsp3) is 0.286. The Morgan fingerprint density at radius 1 is 1.11 bits per heavy atom.